The van der Waals surface area contributed by atoms with Gasteiger partial charge in [-0.2, -0.15) is 0 Å². The average Bonchev–Trinajstić information content (AvgIpc) is 3.18. The summed E-state index contributed by atoms with van der Waals surface area (Å²) in [6.07, 6.45) is 5.71. The van der Waals surface area contributed by atoms with Crippen LogP contribution in [0.4, 0.5) is 10.5 Å². The van der Waals surface area contributed by atoms with Crippen molar-refractivity contribution in [3.63, 3.8) is 0 Å². The topological polar surface area (TPSA) is 117 Å². The summed E-state index contributed by atoms with van der Waals surface area (Å²) >= 11 is 6.40. The van der Waals surface area contributed by atoms with Crippen molar-refractivity contribution in [2.45, 2.75) is 59.4 Å². The van der Waals surface area contributed by atoms with E-state index in [9.17, 15) is 19.2 Å². The summed E-state index contributed by atoms with van der Waals surface area (Å²) in [5.74, 6) is 1.72. The number of carbonyl (C=O) groups excluding carboxylic acids is 3. The Morgan fingerprint density at radius 1 is 0.870 bits per heavy atom. The zero-order valence-corrected chi connectivity index (χ0v) is 33.0. The molecule has 3 aliphatic rings. The number of pyridine rings is 1. The zero-order chi connectivity index (χ0) is 38.5. The number of nitrogens with one attached hydrogen (secondary N) is 1. The molecule has 4 amide bonds. The molecule has 13 heteroatoms. The lowest BCUT2D eigenvalue weighted by atomic mass is 9.95. The molecule has 3 aliphatic heterocycles. The number of imide groups is 1. The molecule has 3 fully saturated rings. The average molecular weight is 761 g/mol. The Kier molecular flexibility index (Phi) is 12.7. The largest absolute Gasteiger partial charge is 0.496 e. The fourth-order valence-corrected chi connectivity index (χ4v) is 8.17. The predicted molar refractivity (Wildman–Crippen MR) is 211 cm³/mol. The second kappa shape index (κ2) is 17.4. The molecule has 0 unspecified atom stereocenters. The first kappa shape index (κ1) is 39.3. The second-order valence-corrected chi connectivity index (χ2v) is 15.1. The van der Waals surface area contributed by atoms with E-state index in [1.54, 1.807) is 37.0 Å². The highest BCUT2D eigenvalue weighted by Crippen LogP contribution is 2.37. The maximum atomic E-state index is 13.5. The van der Waals surface area contributed by atoms with E-state index in [1.165, 1.54) is 4.90 Å². The summed E-state index contributed by atoms with van der Waals surface area (Å²) in [4.78, 5) is 58.7. The van der Waals surface area contributed by atoms with Crippen LogP contribution in [0.1, 0.15) is 59.7 Å². The van der Waals surface area contributed by atoms with Crippen molar-refractivity contribution >= 4 is 35.1 Å². The van der Waals surface area contributed by atoms with E-state index >= 15 is 0 Å². The maximum absolute atomic E-state index is 13.5. The second-order valence-electron chi connectivity index (χ2n) is 14.7. The van der Waals surface area contributed by atoms with E-state index < -0.39 is 6.03 Å². The van der Waals surface area contributed by atoms with Gasteiger partial charge >= 0.3 is 6.03 Å². The quantitative estimate of drug-likeness (QED) is 0.262. The number of piperazine rings is 1. The van der Waals surface area contributed by atoms with Crippen LogP contribution in [0.3, 0.4) is 0 Å². The Hall–Kier alpha value is -4.39. The Labute approximate surface area is 322 Å². The van der Waals surface area contributed by atoms with Crippen LogP contribution in [0.2, 0.25) is 5.02 Å². The minimum absolute atomic E-state index is 0.0595. The van der Waals surface area contributed by atoms with Crippen LogP contribution in [0.5, 0.6) is 11.5 Å². The van der Waals surface area contributed by atoms with Crippen molar-refractivity contribution in [2.24, 2.45) is 5.92 Å². The van der Waals surface area contributed by atoms with Gasteiger partial charge in [0.2, 0.25) is 5.91 Å². The maximum Gasteiger partial charge on any atom is 0.328 e. The first-order chi connectivity index (χ1) is 26.0. The summed E-state index contributed by atoms with van der Waals surface area (Å²) in [6.45, 7) is 14.1. The summed E-state index contributed by atoms with van der Waals surface area (Å²) in [5, 5.41) is 2.67. The number of hydrogen-bond acceptors (Lipinski definition) is 8. The van der Waals surface area contributed by atoms with Crippen LogP contribution < -0.4 is 25.2 Å². The van der Waals surface area contributed by atoms with Gasteiger partial charge in [-0.1, -0.05) is 18.5 Å². The van der Waals surface area contributed by atoms with Gasteiger partial charge in [0.1, 0.15) is 11.5 Å². The molecule has 12 nitrogen and oxygen atoms in total. The van der Waals surface area contributed by atoms with Gasteiger partial charge in [0.25, 0.3) is 11.5 Å². The lowest BCUT2D eigenvalue weighted by Gasteiger charge is -2.39. The molecular formula is C41H53ClN6O6. The Bertz CT molecular complexity index is 1910. The Morgan fingerprint density at radius 2 is 1.54 bits per heavy atom. The Morgan fingerprint density at radius 3 is 2.17 bits per heavy atom. The SMILES string of the molecule is CCCn1cc(-c2cc(OC)c(CCN3CCN(CC4CCN(C(=O)c5ccc(Cl)c(N6CCC(=O)NC6=O)c5)CC4)CC3)c(OC)c2)c(C)c(C)c1=O. The molecule has 0 saturated carbocycles. The van der Waals surface area contributed by atoms with Crippen molar-refractivity contribution in [2.75, 3.05) is 78.0 Å². The normalized spacial score (nSPS) is 17.5. The third-order valence-corrected chi connectivity index (χ3v) is 11.6. The van der Waals surface area contributed by atoms with Crippen LogP contribution in [-0.4, -0.2) is 110 Å². The van der Waals surface area contributed by atoms with Crippen molar-refractivity contribution in [1.29, 1.82) is 0 Å². The number of ether oxygens (including phenoxy) is 2. The summed E-state index contributed by atoms with van der Waals surface area (Å²) in [6, 6.07) is 8.62. The number of amides is 4. The van der Waals surface area contributed by atoms with E-state index in [0.717, 1.165) is 104 Å². The minimum Gasteiger partial charge on any atom is -0.496 e. The monoisotopic (exact) mass is 760 g/mol. The van der Waals surface area contributed by atoms with Crippen LogP contribution in [-0.2, 0) is 17.8 Å². The first-order valence-electron chi connectivity index (χ1n) is 19.1. The number of hydrogen-bond donors (Lipinski definition) is 1. The molecule has 0 bridgehead atoms. The van der Waals surface area contributed by atoms with Crippen molar-refractivity contribution in [3.8, 4) is 22.6 Å². The van der Waals surface area contributed by atoms with E-state index in [1.807, 2.05) is 24.9 Å². The van der Waals surface area contributed by atoms with Gasteiger partial charge in [-0.05, 0) is 86.9 Å². The van der Waals surface area contributed by atoms with Crippen LogP contribution in [0.25, 0.3) is 11.1 Å². The van der Waals surface area contributed by atoms with E-state index in [2.05, 4.69) is 34.2 Å². The first-order valence-corrected chi connectivity index (χ1v) is 19.5. The number of carbonyl (C=O) groups is 3. The minimum atomic E-state index is -0.527. The van der Waals surface area contributed by atoms with Gasteiger partial charge in [0, 0.05) is 100 Å². The van der Waals surface area contributed by atoms with Crippen molar-refractivity contribution in [1.82, 2.24) is 24.6 Å². The van der Waals surface area contributed by atoms with Crippen LogP contribution >= 0.6 is 11.6 Å². The van der Waals surface area contributed by atoms with E-state index in [0.29, 0.717) is 41.8 Å². The molecule has 4 heterocycles. The number of piperidine rings is 1. The third-order valence-electron chi connectivity index (χ3n) is 11.3. The van der Waals surface area contributed by atoms with Crippen molar-refractivity contribution < 1.29 is 23.9 Å². The molecule has 0 spiro atoms. The van der Waals surface area contributed by atoms with Gasteiger partial charge in [-0.25, -0.2) is 4.79 Å². The number of aromatic nitrogens is 1. The van der Waals surface area contributed by atoms with Crippen LogP contribution in [0.15, 0.2) is 41.3 Å². The molecule has 3 saturated heterocycles. The molecule has 54 heavy (non-hydrogen) atoms. The fraction of sp³-hybridized carbons (Fsp3) is 0.512. The highest BCUT2D eigenvalue weighted by Gasteiger charge is 2.30. The smallest absolute Gasteiger partial charge is 0.328 e. The molecule has 2 aromatic carbocycles. The highest BCUT2D eigenvalue weighted by molar-refractivity contribution is 6.34. The number of benzene rings is 2. The molecule has 6 rings (SSSR count). The van der Waals surface area contributed by atoms with Gasteiger partial charge < -0.3 is 28.7 Å². The van der Waals surface area contributed by atoms with Gasteiger partial charge in [-0.15, -0.1) is 0 Å². The number of rotatable bonds is 12. The molecule has 1 N–H and O–H groups in total. The number of likely N-dealkylation sites (tertiary alicyclic amines) is 1. The number of aryl methyl sites for hydroxylation is 1. The number of urea groups is 1. The van der Waals surface area contributed by atoms with Crippen molar-refractivity contribution in [3.05, 3.63) is 74.2 Å². The van der Waals surface area contributed by atoms with Gasteiger partial charge in [0.15, 0.2) is 0 Å². The zero-order valence-electron chi connectivity index (χ0n) is 32.2. The molecule has 0 radical (unpaired) electrons. The predicted octanol–water partition coefficient (Wildman–Crippen LogP) is 5.37. The summed E-state index contributed by atoms with van der Waals surface area (Å²) in [7, 11) is 3.40. The molecule has 290 valence electrons. The summed E-state index contributed by atoms with van der Waals surface area (Å²) < 4.78 is 13.6. The van der Waals surface area contributed by atoms with Gasteiger partial charge in [0.05, 0.1) is 24.9 Å². The molecular weight excluding hydrogens is 708 g/mol. The highest BCUT2D eigenvalue weighted by atomic mass is 35.5. The standard InChI is InChI=1S/C41H53ClN6O6/c1-6-13-47-26-33(27(2)28(3)39(47)50)31-23-36(53-4)32(37(24-31)54-5)11-14-44-18-20-45(21-19-44)25-29-9-15-46(16-10-29)40(51)30-7-8-34(42)35(22-30)48-17-12-38(49)43-41(48)52/h7-8,22-24,26,29H,6,9-21,25H2,1-5H3,(H,43,49,52). The van der Waals surface area contributed by atoms with Crippen LogP contribution in [0, 0.1) is 19.8 Å². The number of anilines is 1. The van der Waals surface area contributed by atoms with E-state index in [4.69, 9.17) is 21.1 Å². The van der Waals surface area contributed by atoms with E-state index in [-0.39, 0.29) is 30.3 Å². The lowest BCUT2D eigenvalue weighted by Crippen LogP contribution is -2.50. The van der Waals surface area contributed by atoms with Gasteiger partial charge in [-0.3, -0.25) is 24.6 Å². The fourth-order valence-electron chi connectivity index (χ4n) is 7.95. The molecule has 0 atom stereocenters. The number of methoxy groups -OCH3 is 2. The summed E-state index contributed by atoms with van der Waals surface area (Å²) in [5.41, 5.74) is 5.75. The Balaban J connectivity index is 0.997. The third kappa shape index (κ3) is 8.61. The number of halogens is 1. The molecule has 3 aromatic rings. The molecule has 0 aliphatic carbocycles. The lowest BCUT2D eigenvalue weighted by molar-refractivity contribution is -0.120. The molecule has 1 aromatic heterocycles. The number of nitrogens with zero attached hydrogens (tertiary/aromatic N) is 5.